The smallest absolute Gasteiger partial charge is 0.209 e. The summed E-state index contributed by atoms with van der Waals surface area (Å²) in [6.07, 6.45) is 8.19. The van der Waals surface area contributed by atoms with Crippen LogP contribution >= 0.6 is 0 Å². The molecule has 2 aromatic carbocycles. The van der Waals surface area contributed by atoms with Gasteiger partial charge in [-0.25, -0.2) is 0 Å². The van der Waals surface area contributed by atoms with Gasteiger partial charge in [-0.2, -0.15) is 0 Å². The normalized spacial score (nSPS) is 22.3. The van der Waals surface area contributed by atoms with Gasteiger partial charge in [-0.3, -0.25) is 4.79 Å². The van der Waals surface area contributed by atoms with E-state index in [0.29, 0.717) is 35.0 Å². The number of nitrogens with two attached hydrogens (primary N) is 3. The Morgan fingerprint density at radius 2 is 1.65 bits per heavy atom. The molecule has 2 unspecified atom stereocenters. The number of rotatable bonds is 7. The second-order valence-corrected chi connectivity index (χ2v) is 10.6. The van der Waals surface area contributed by atoms with Gasteiger partial charge in [0.15, 0.2) is 0 Å². The first-order chi connectivity index (χ1) is 17.9. The molecule has 2 atom stereocenters. The molecule has 5 rings (SSSR count). The molecule has 8 nitrogen and oxygen atoms in total. The zero-order valence-corrected chi connectivity index (χ0v) is 21.3. The summed E-state index contributed by atoms with van der Waals surface area (Å²) in [6.45, 7) is 3.34. The monoisotopic (exact) mass is 502 g/mol. The fourth-order valence-corrected chi connectivity index (χ4v) is 6.26. The quantitative estimate of drug-likeness (QED) is 0.339. The molecular formula is C29H38N6O2. The maximum Gasteiger partial charge on any atom is 0.209 e. The summed E-state index contributed by atoms with van der Waals surface area (Å²) in [7, 11) is 0. The van der Waals surface area contributed by atoms with Crippen LogP contribution in [0.15, 0.2) is 66.1 Å². The average molecular weight is 503 g/mol. The molecule has 7 N–H and O–H groups in total. The van der Waals surface area contributed by atoms with Gasteiger partial charge in [-0.15, -0.1) is 0 Å². The molecule has 3 saturated heterocycles. The number of piperazine rings is 1. The van der Waals surface area contributed by atoms with Gasteiger partial charge in [0, 0.05) is 55.2 Å². The van der Waals surface area contributed by atoms with Gasteiger partial charge in [-0.1, -0.05) is 24.3 Å². The van der Waals surface area contributed by atoms with E-state index in [1.165, 1.54) is 11.3 Å². The number of anilines is 1. The average Bonchev–Trinajstić information content (AvgIpc) is 3.17. The minimum atomic E-state index is 0.130. The number of phenols is 1. The van der Waals surface area contributed by atoms with E-state index >= 15 is 0 Å². The number of carbonyl (C=O) groups is 1. The zero-order chi connectivity index (χ0) is 25.9. The number of aromatic hydroxyl groups is 1. The Morgan fingerprint density at radius 1 is 0.946 bits per heavy atom. The lowest BCUT2D eigenvalue weighted by atomic mass is 9.90. The maximum atomic E-state index is 11.0. The largest absolute Gasteiger partial charge is 0.507 e. The van der Waals surface area contributed by atoms with E-state index in [0.717, 1.165) is 64.7 Å². The van der Waals surface area contributed by atoms with Gasteiger partial charge < -0.3 is 37.0 Å². The lowest BCUT2D eigenvalue weighted by molar-refractivity contribution is -0.119. The SMILES string of the molecule is NC(N)=C(/C=C(\N)c1ccccc1O)N1CC2CCC(C1)N2c1cccc(CC2CCN(C=O)CC2)c1. The Hall–Kier alpha value is -3.81. The molecule has 37 heavy (non-hydrogen) atoms. The van der Waals surface area contributed by atoms with Crippen LogP contribution < -0.4 is 22.1 Å². The molecule has 0 spiro atoms. The number of amides is 1. The van der Waals surface area contributed by atoms with Gasteiger partial charge in [0.1, 0.15) is 11.6 Å². The number of benzene rings is 2. The highest BCUT2D eigenvalue weighted by Gasteiger charge is 2.40. The first-order valence-corrected chi connectivity index (χ1v) is 13.2. The van der Waals surface area contributed by atoms with Gasteiger partial charge >= 0.3 is 0 Å². The second kappa shape index (κ2) is 10.7. The summed E-state index contributed by atoms with van der Waals surface area (Å²) in [4.78, 5) is 17.7. The fraction of sp³-hybridized carbons (Fsp3) is 0.414. The number of para-hydroxylation sites is 1. The van der Waals surface area contributed by atoms with Crippen molar-refractivity contribution in [2.45, 2.75) is 44.2 Å². The van der Waals surface area contributed by atoms with Crippen molar-refractivity contribution in [3.05, 3.63) is 77.3 Å². The predicted octanol–water partition coefficient (Wildman–Crippen LogP) is 2.54. The van der Waals surface area contributed by atoms with Crippen LogP contribution in [0, 0.1) is 5.92 Å². The fourth-order valence-electron chi connectivity index (χ4n) is 6.26. The third-order valence-corrected chi connectivity index (χ3v) is 8.16. The van der Waals surface area contributed by atoms with E-state index in [-0.39, 0.29) is 11.6 Å². The highest BCUT2D eigenvalue weighted by Crippen LogP contribution is 2.37. The van der Waals surface area contributed by atoms with Gasteiger partial charge in [-0.05, 0) is 73.9 Å². The summed E-state index contributed by atoms with van der Waals surface area (Å²) < 4.78 is 0. The molecule has 3 fully saturated rings. The Bertz CT molecular complexity index is 1170. The second-order valence-electron chi connectivity index (χ2n) is 10.6. The number of phenolic OH excluding ortho intramolecular Hbond substituents is 1. The molecular weight excluding hydrogens is 464 g/mol. The van der Waals surface area contributed by atoms with E-state index in [4.69, 9.17) is 17.2 Å². The molecule has 196 valence electrons. The van der Waals surface area contributed by atoms with Crippen LogP contribution in [0.5, 0.6) is 5.75 Å². The van der Waals surface area contributed by atoms with E-state index in [1.54, 1.807) is 24.3 Å². The standard InChI is InChI=1S/C29H38N6O2/c30-26(25-6-1-2-7-28(25)37)16-27(29(31)32)34-17-23-8-9-24(18-34)35(23)22-5-3-4-21(15-22)14-20-10-12-33(19-36)13-11-20/h1-7,15-16,19-20,23-24,37H,8-14,17-18,30-32H2/b26-16-. The first kappa shape index (κ1) is 24.9. The van der Waals surface area contributed by atoms with Crippen LogP contribution in [-0.4, -0.2) is 59.6 Å². The number of allylic oxidation sites excluding steroid dienone is 1. The van der Waals surface area contributed by atoms with Crippen molar-refractivity contribution in [2.24, 2.45) is 23.1 Å². The van der Waals surface area contributed by atoms with E-state index in [9.17, 15) is 9.90 Å². The van der Waals surface area contributed by atoms with Crippen molar-refractivity contribution < 1.29 is 9.90 Å². The third kappa shape index (κ3) is 5.33. The van der Waals surface area contributed by atoms with Gasteiger partial charge in [0.05, 0.1) is 5.70 Å². The van der Waals surface area contributed by atoms with Crippen molar-refractivity contribution in [1.29, 1.82) is 0 Å². The molecule has 0 aromatic heterocycles. The molecule has 3 aliphatic rings. The number of likely N-dealkylation sites (tertiary alicyclic amines) is 2. The Morgan fingerprint density at radius 3 is 2.30 bits per heavy atom. The lowest BCUT2D eigenvalue weighted by Crippen LogP contribution is -2.53. The number of piperidine rings is 1. The van der Waals surface area contributed by atoms with Crippen molar-refractivity contribution >= 4 is 17.8 Å². The van der Waals surface area contributed by atoms with Crippen molar-refractivity contribution in [3.63, 3.8) is 0 Å². The van der Waals surface area contributed by atoms with Crippen LogP contribution in [0.2, 0.25) is 0 Å². The zero-order valence-electron chi connectivity index (χ0n) is 21.3. The summed E-state index contributed by atoms with van der Waals surface area (Å²) in [5.74, 6) is 0.987. The minimum absolute atomic E-state index is 0.130. The highest BCUT2D eigenvalue weighted by atomic mass is 16.3. The van der Waals surface area contributed by atoms with Crippen LogP contribution in [0.1, 0.15) is 36.8 Å². The molecule has 0 aliphatic carbocycles. The highest BCUT2D eigenvalue weighted by molar-refractivity contribution is 5.70. The molecule has 2 bridgehead atoms. The maximum absolute atomic E-state index is 11.0. The lowest BCUT2D eigenvalue weighted by Gasteiger charge is -2.44. The summed E-state index contributed by atoms with van der Waals surface area (Å²) in [5.41, 5.74) is 23.0. The van der Waals surface area contributed by atoms with Crippen LogP contribution in [0.4, 0.5) is 5.69 Å². The van der Waals surface area contributed by atoms with Crippen LogP contribution in [0.25, 0.3) is 5.70 Å². The van der Waals surface area contributed by atoms with Gasteiger partial charge in [0.2, 0.25) is 6.41 Å². The summed E-state index contributed by atoms with van der Waals surface area (Å²) >= 11 is 0. The molecule has 8 heteroatoms. The molecule has 2 aromatic rings. The van der Waals surface area contributed by atoms with Crippen LogP contribution in [-0.2, 0) is 11.2 Å². The number of nitrogens with zero attached hydrogens (tertiary/aromatic N) is 3. The molecule has 1 amide bonds. The predicted molar refractivity (Wildman–Crippen MR) is 147 cm³/mol. The Labute approximate surface area is 219 Å². The van der Waals surface area contributed by atoms with E-state index in [1.807, 2.05) is 11.0 Å². The van der Waals surface area contributed by atoms with Crippen molar-refractivity contribution in [1.82, 2.24) is 9.80 Å². The van der Waals surface area contributed by atoms with Gasteiger partial charge in [0.25, 0.3) is 0 Å². The molecule has 0 saturated carbocycles. The van der Waals surface area contributed by atoms with E-state index in [2.05, 4.69) is 34.1 Å². The van der Waals surface area contributed by atoms with E-state index < -0.39 is 0 Å². The van der Waals surface area contributed by atoms with Crippen molar-refractivity contribution in [3.8, 4) is 5.75 Å². The summed E-state index contributed by atoms with van der Waals surface area (Å²) in [6, 6.07) is 16.7. The van der Waals surface area contributed by atoms with Crippen molar-refractivity contribution in [2.75, 3.05) is 31.1 Å². The number of hydrogen-bond acceptors (Lipinski definition) is 7. The van der Waals surface area contributed by atoms with Crippen LogP contribution in [0.3, 0.4) is 0 Å². The molecule has 3 aliphatic heterocycles. The topological polar surface area (TPSA) is 125 Å². The Kier molecular flexibility index (Phi) is 7.17. The minimum Gasteiger partial charge on any atom is -0.507 e. The number of hydrogen-bond donors (Lipinski definition) is 4. The molecule has 3 heterocycles. The molecule has 0 radical (unpaired) electrons. The number of fused-ring (bicyclic) bond motifs is 2. The third-order valence-electron chi connectivity index (χ3n) is 8.16. The number of carbonyl (C=O) groups excluding carboxylic acids is 1. The summed E-state index contributed by atoms with van der Waals surface area (Å²) in [5, 5.41) is 10.2. The first-order valence-electron chi connectivity index (χ1n) is 13.2. The Balaban J connectivity index is 1.30.